The average Bonchev–Trinajstić information content (AvgIpc) is 1.97. The SMILES string of the molecule is CNCCSCCCC#N. The zero-order valence-electron chi connectivity index (χ0n) is 6.39. The van der Waals surface area contributed by atoms with Gasteiger partial charge in [0.1, 0.15) is 0 Å². The zero-order chi connectivity index (χ0) is 7.66. The van der Waals surface area contributed by atoms with Crippen LogP contribution in [0.15, 0.2) is 0 Å². The predicted octanol–water partition coefficient (Wildman–Crippen LogP) is 1.24. The van der Waals surface area contributed by atoms with Crippen molar-refractivity contribution in [3.8, 4) is 6.07 Å². The Labute approximate surface area is 67.0 Å². The number of hydrogen-bond donors (Lipinski definition) is 1. The Bertz CT molecular complexity index is 98.3. The Morgan fingerprint density at radius 3 is 2.90 bits per heavy atom. The van der Waals surface area contributed by atoms with Crippen molar-refractivity contribution in [2.24, 2.45) is 0 Å². The maximum absolute atomic E-state index is 8.20. The van der Waals surface area contributed by atoms with Gasteiger partial charge in [-0.2, -0.15) is 17.0 Å². The molecule has 0 unspecified atom stereocenters. The Hall–Kier alpha value is -0.200. The van der Waals surface area contributed by atoms with Gasteiger partial charge in [0.2, 0.25) is 0 Å². The lowest BCUT2D eigenvalue weighted by Gasteiger charge is -1.97. The lowest BCUT2D eigenvalue weighted by Crippen LogP contribution is -2.09. The summed E-state index contributed by atoms with van der Waals surface area (Å²) in [6.45, 7) is 1.07. The minimum atomic E-state index is 0.701. The van der Waals surface area contributed by atoms with E-state index in [0.29, 0.717) is 6.42 Å². The lowest BCUT2D eigenvalue weighted by molar-refractivity contribution is 0.870. The summed E-state index contributed by atoms with van der Waals surface area (Å²) in [4.78, 5) is 0. The highest BCUT2D eigenvalue weighted by Crippen LogP contribution is 2.02. The lowest BCUT2D eigenvalue weighted by atomic mass is 10.4. The normalized spacial score (nSPS) is 9.20. The molecule has 0 aliphatic rings. The highest BCUT2D eigenvalue weighted by Gasteiger charge is 1.87. The fraction of sp³-hybridized carbons (Fsp3) is 0.857. The van der Waals surface area contributed by atoms with Crippen molar-refractivity contribution >= 4 is 11.8 Å². The van der Waals surface area contributed by atoms with E-state index in [9.17, 15) is 0 Å². The van der Waals surface area contributed by atoms with Crippen LogP contribution in [0, 0.1) is 11.3 Å². The molecule has 58 valence electrons. The first-order chi connectivity index (χ1) is 4.91. The largest absolute Gasteiger partial charge is 0.319 e. The van der Waals surface area contributed by atoms with Gasteiger partial charge in [-0.25, -0.2) is 0 Å². The van der Waals surface area contributed by atoms with Crippen molar-refractivity contribution in [2.45, 2.75) is 12.8 Å². The summed E-state index contributed by atoms with van der Waals surface area (Å²) in [6, 6.07) is 2.13. The van der Waals surface area contributed by atoms with Crippen LogP contribution in [0.2, 0.25) is 0 Å². The molecule has 0 atom stereocenters. The first kappa shape index (κ1) is 9.80. The summed E-state index contributed by atoms with van der Waals surface area (Å²) >= 11 is 1.90. The highest BCUT2D eigenvalue weighted by atomic mass is 32.2. The molecule has 10 heavy (non-hydrogen) atoms. The number of nitrogens with one attached hydrogen (secondary N) is 1. The number of rotatable bonds is 6. The van der Waals surface area contributed by atoms with Crippen LogP contribution in [0.5, 0.6) is 0 Å². The number of thioether (sulfide) groups is 1. The van der Waals surface area contributed by atoms with Crippen LogP contribution in [-0.4, -0.2) is 25.1 Å². The van der Waals surface area contributed by atoms with Gasteiger partial charge in [0.15, 0.2) is 0 Å². The van der Waals surface area contributed by atoms with Crippen molar-refractivity contribution in [1.82, 2.24) is 5.32 Å². The summed E-state index contributed by atoms with van der Waals surface area (Å²) in [6.07, 6.45) is 1.73. The molecule has 0 aliphatic heterocycles. The first-order valence-electron chi connectivity index (χ1n) is 3.51. The van der Waals surface area contributed by atoms with Gasteiger partial charge < -0.3 is 5.32 Å². The molecule has 0 fully saturated rings. The van der Waals surface area contributed by atoms with E-state index >= 15 is 0 Å². The monoisotopic (exact) mass is 158 g/mol. The summed E-state index contributed by atoms with van der Waals surface area (Å²) in [5, 5.41) is 11.3. The van der Waals surface area contributed by atoms with Crippen molar-refractivity contribution in [1.29, 1.82) is 5.26 Å². The number of nitrogens with zero attached hydrogens (tertiary/aromatic N) is 1. The Morgan fingerprint density at radius 1 is 1.50 bits per heavy atom. The fourth-order valence-corrected chi connectivity index (χ4v) is 1.43. The minimum Gasteiger partial charge on any atom is -0.319 e. The van der Waals surface area contributed by atoms with E-state index in [1.54, 1.807) is 0 Å². The molecule has 1 N–H and O–H groups in total. The molecular weight excluding hydrogens is 144 g/mol. The first-order valence-corrected chi connectivity index (χ1v) is 4.66. The van der Waals surface area contributed by atoms with Crippen LogP contribution in [-0.2, 0) is 0 Å². The van der Waals surface area contributed by atoms with Crippen molar-refractivity contribution < 1.29 is 0 Å². The van der Waals surface area contributed by atoms with E-state index in [2.05, 4.69) is 11.4 Å². The highest BCUT2D eigenvalue weighted by molar-refractivity contribution is 7.99. The maximum atomic E-state index is 8.20. The quantitative estimate of drug-likeness (QED) is 0.591. The third-order valence-corrected chi connectivity index (χ3v) is 2.14. The van der Waals surface area contributed by atoms with Crippen LogP contribution >= 0.6 is 11.8 Å². The molecule has 2 nitrogen and oxygen atoms in total. The topological polar surface area (TPSA) is 35.8 Å². The molecule has 0 saturated heterocycles. The molecule has 0 heterocycles. The average molecular weight is 158 g/mol. The summed E-state index contributed by atoms with van der Waals surface area (Å²) in [5.74, 6) is 2.27. The van der Waals surface area contributed by atoms with Gasteiger partial charge in [-0.3, -0.25) is 0 Å². The molecule has 0 aromatic rings. The molecule has 3 heteroatoms. The van der Waals surface area contributed by atoms with Gasteiger partial charge >= 0.3 is 0 Å². The fourth-order valence-electron chi connectivity index (χ4n) is 0.530. The molecule has 0 radical (unpaired) electrons. The van der Waals surface area contributed by atoms with Crippen molar-refractivity contribution in [3.05, 3.63) is 0 Å². The van der Waals surface area contributed by atoms with Gasteiger partial charge in [0, 0.05) is 18.7 Å². The van der Waals surface area contributed by atoms with Crippen LogP contribution < -0.4 is 5.32 Å². The molecule has 0 spiro atoms. The Balaban J connectivity index is 2.72. The number of unbranched alkanes of at least 4 members (excludes halogenated alkanes) is 1. The van der Waals surface area contributed by atoms with Crippen molar-refractivity contribution in [2.75, 3.05) is 25.1 Å². The predicted molar refractivity (Wildman–Crippen MR) is 46.1 cm³/mol. The maximum Gasteiger partial charge on any atom is 0.0622 e. The van der Waals surface area contributed by atoms with Gasteiger partial charge in [-0.15, -0.1) is 0 Å². The van der Waals surface area contributed by atoms with E-state index in [4.69, 9.17) is 5.26 Å². The summed E-state index contributed by atoms with van der Waals surface area (Å²) < 4.78 is 0. The standard InChI is InChI=1S/C7H14N2S/c1-9-5-7-10-6-3-2-4-8/h9H,2-3,5-7H2,1H3. The number of hydrogen-bond acceptors (Lipinski definition) is 3. The van der Waals surface area contributed by atoms with Crippen LogP contribution in [0.1, 0.15) is 12.8 Å². The second-order valence-corrected chi connectivity index (χ2v) is 3.20. The van der Waals surface area contributed by atoms with Gasteiger partial charge in [-0.05, 0) is 19.2 Å². The van der Waals surface area contributed by atoms with E-state index < -0.39 is 0 Å². The Kier molecular flexibility index (Phi) is 8.62. The Morgan fingerprint density at radius 2 is 2.30 bits per heavy atom. The molecule has 0 aliphatic carbocycles. The van der Waals surface area contributed by atoms with E-state index in [-0.39, 0.29) is 0 Å². The molecular formula is C7H14N2S. The summed E-state index contributed by atoms with van der Waals surface area (Å²) in [5.41, 5.74) is 0. The van der Waals surface area contributed by atoms with Gasteiger partial charge in [0.25, 0.3) is 0 Å². The van der Waals surface area contributed by atoms with Crippen LogP contribution in [0.4, 0.5) is 0 Å². The second kappa shape index (κ2) is 8.80. The molecule has 0 amide bonds. The molecule has 0 bridgehead atoms. The summed E-state index contributed by atoms with van der Waals surface area (Å²) in [7, 11) is 1.95. The molecule has 0 rings (SSSR count). The van der Waals surface area contributed by atoms with Crippen LogP contribution in [0.25, 0.3) is 0 Å². The smallest absolute Gasteiger partial charge is 0.0622 e. The second-order valence-electron chi connectivity index (χ2n) is 1.98. The van der Waals surface area contributed by atoms with E-state index in [1.165, 1.54) is 0 Å². The zero-order valence-corrected chi connectivity index (χ0v) is 7.21. The van der Waals surface area contributed by atoms with Gasteiger partial charge in [0.05, 0.1) is 6.07 Å². The molecule has 0 saturated carbocycles. The number of nitriles is 1. The van der Waals surface area contributed by atoms with E-state index in [0.717, 1.165) is 24.5 Å². The van der Waals surface area contributed by atoms with Gasteiger partial charge in [-0.1, -0.05) is 0 Å². The molecule has 0 aromatic heterocycles. The van der Waals surface area contributed by atoms with Crippen molar-refractivity contribution in [3.63, 3.8) is 0 Å². The van der Waals surface area contributed by atoms with Crippen LogP contribution in [0.3, 0.4) is 0 Å². The third-order valence-electron chi connectivity index (χ3n) is 1.07. The molecule has 0 aromatic carbocycles. The van der Waals surface area contributed by atoms with E-state index in [1.807, 2.05) is 18.8 Å². The minimum absolute atomic E-state index is 0.701. The third kappa shape index (κ3) is 7.80.